The summed E-state index contributed by atoms with van der Waals surface area (Å²) in [6, 6.07) is 16.3. The highest BCUT2D eigenvalue weighted by atomic mass is 32.1. The molecule has 0 aliphatic carbocycles. The lowest BCUT2D eigenvalue weighted by atomic mass is 10.0. The molecule has 5 heteroatoms. The maximum Gasteiger partial charge on any atom is 0.340 e. The van der Waals surface area contributed by atoms with Gasteiger partial charge in [-0.1, -0.05) is 42.5 Å². The van der Waals surface area contributed by atoms with Crippen molar-refractivity contribution < 1.29 is 9.53 Å². The molecule has 0 spiro atoms. The largest absolute Gasteiger partial charge is 0.465 e. The van der Waals surface area contributed by atoms with Crippen LogP contribution < -0.4 is 5.56 Å². The van der Waals surface area contributed by atoms with Gasteiger partial charge < -0.3 is 9.72 Å². The van der Waals surface area contributed by atoms with E-state index in [1.54, 1.807) is 11.4 Å². The summed E-state index contributed by atoms with van der Waals surface area (Å²) in [4.78, 5) is 26.7. The maximum atomic E-state index is 12.0. The molecule has 0 unspecified atom stereocenters. The molecule has 0 aliphatic rings. The Kier molecular flexibility index (Phi) is 4.31. The molecule has 4 nitrogen and oxygen atoms in total. The highest BCUT2D eigenvalue weighted by molar-refractivity contribution is 7.17. The topological polar surface area (TPSA) is 59.2 Å². The average Bonchev–Trinajstić information content (AvgIpc) is 3.09. The van der Waals surface area contributed by atoms with Crippen molar-refractivity contribution in [2.45, 2.75) is 12.8 Å². The number of nitrogens with one attached hydrogen (secondary N) is 1. The second-order valence-corrected chi connectivity index (χ2v) is 7.07. The summed E-state index contributed by atoms with van der Waals surface area (Å²) in [5.41, 5.74) is 2.97. The lowest BCUT2D eigenvalue weighted by molar-refractivity contribution is 0.0603. The van der Waals surface area contributed by atoms with Crippen LogP contribution >= 0.6 is 11.3 Å². The van der Waals surface area contributed by atoms with Gasteiger partial charge in [0.2, 0.25) is 5.56 Å². The second kappa shape index (κ2) is 6.77. The molecule has 0 saturated heterocycles. The van der Waals surface area contributed by atoms with E-state index in [0.717, 1.165) is 23.1 Å². The normalized spacial score (nSPS) is 11.1. The van der Waals surface area contributed by atoms with E-state index >= 15 is 0 Å². The van der Waals surface area contributed by atoms with Gasteiger partial charge in [-0.3, -0.25) is 4.79 Å². The van der Waals surface area contributed by atoms with Gasteiger partial charge in [0.05, 0.1) is 22.9 Å². The molecule has 4 rings (SSSR count). The van der Waals surface area contributed by atoms with Crippen LogP contribution in [0.15, 0.2) is 58.7 Å². The molecule has 0 saturated carbocycles. The Bertz CT molecular complexity index is 1170. The molecule has 0 atom stereocenters. The number of ether oxygens (including phenoxy) is 1. The number of hydrogen-bond acceptors (Lipinski definition) is 4. The molecule has 2 aromatic carbocycles. The van der Waals surface area contributed by atoms with E-state index in [0.29, 0.717) is 11.1 Å². The van der Waals surface area contributed by atoms with Crippen LogP contribution in [0.4, 0.5) is 0 Å². The van der Waals surface area contributed by atoms with E-state index in [4.69, 9.17) is 4.74 Å². The number of esters is 1. The maximum absolute atomic E-state index is 12.0. The predicted octanol–water partition coefficient (Wildman–Crippen LogP) is 4.31. The first-order valence-corrected chi connectivity index (χ1v) is 9.23. The molecule has 4 aromatic rings. The SMILES string of the molecule is COC(=O)c1csc2c(CCc3ccc4ccccc4c3)cc(=O)[nH]c12. The Morgan fingerprint density at radius 3 is 2.69 bits per heavy atom. The number of aromatic nitrogens is 1. The van der Waals surface area contributed by atoms with Gasteiger partial charge in [0.15, 0.2) is 0 Å². The first-order chi connectivity index (χ1) is 12.7. The number of pyridine rings is 1. The van der Waals surface area contributed by atoms with Crippen molar-refractivity contribution >= 4 is 38.3 Å². The number of hydrogen-bond donors (Lipinski definition) is 1. The molecule has 2 aromatic heterocycles. The van der Waals surface area contributed by atoms with Crippen LogP contribution in [0.25, 0.3) is 21.0 Å². The van der Waals surface area contributed by atoms with Crippen LogP contribution in [0.5, 0.6) is 0 Å². The summed E-state index contributed by atoms with van der Waals surface area (Å²) in [6.45, 7) is 0. The van der Waals surface area contributed by atoms with Crippen molar-refractivity contribution in [1.82, 2.24) is 4.98 Å². The van der Waals surface area contributed by atoms with E-state index in [9.17, 15) is 9.59 Å². The van der Waals surface area contributed by atoms with Crippen molar-refractivity contribution in [3.05, 3.63) is 81.0 Å². The summed E-state index contributed by atoms with van der Waals surface area (Å²) >= 11 is 1.46. The number of thiophene rings is 1. The highest BCUT2D eigenvalue weighted by Crippen LogP contribution is 2.28. The van der Waals surface area contributed by atoms with Gasteiger partial charge in [0, 0.05) is 11.4 Å². The number of methoxy groups -OCH3 is 1. The minimum absolute atomic E-state index is 0.199. The van der Waals surface area contributed by atoms with Crippen LogP contribution in [0, 0.1) is 0 Å². The first-order valence-electron chi connectivity index (χ1n) is 8.35. The number of carbonyl (C=O) groups excluding carboxylic acids is 1. The number of aromatic amines is 1. The van der Waals surface area contributed by atoms with Gasteiger partial charge in [-0.15, -0.1) is 11.3 Å². The lowest BCUT2D eigenvalue weighted by Crippen LogP contribution is -2.09. The van der Waals surface area contributed by atoms with Crippen LogP contribution in [0.2, 0.25) is 0 Å². The molecule has 0 fully saturated rings. The monoisotopic (exact) mass is 363 g/mol. The Hall–Kier alpha value is -2.92. The van der Waals surface area contributed by atoms with Crippen molar-refractivity contribution in [2.75, 3.05) is 7.11 Å². The Balaban J connectivity index is 1.67. The number of carbonyl (C=O) groups is 1. The van der Waals surface area contributed by atoms with E-state index in [1.807, 2.05) is 12.1 Å². The highest BCUT2D eigenvalue weighted by Gasteiger charge is 2.16. The zero-order chi connectivity index (χ0) is 18.1. The lowest BCUT2D eigenvalue weighted by Gasteiger charge is -2.06. The van der Waals surface area contributed by atoms with E-state index < -0.39 is 5.97 Å². The van der Waals surface area contributed by atoms with Gasteiger partial charge in [-0.25, -0.2) is 4.79 Å². The van der Waals surface area contributed by atoms with Crippen LogP contribution in [-0.4, -0.2) is 18.1 Å². The van der Waals surface area contributed by atoms with Crippen LogP contribution in [0.3, 0.4) is 0 Å². The summed E-state index contributed by atoms with van der Waals surface area (Å²) in [5.74, 6) is -0.432. The smallest absolute Gasteiger partial charge is 0.340 e. The standard InChI is InChI=1S/C21H17NO3S/c1-25-21(24)17-12-26-20-16(11-18(23)22-19(17)20)9-7-13-6-8-14-4-2-3-5-15(14)10-13/h2-6,8,10-12H,7,9H2,1H3,(H,22,23). The van der Waals surface area contributed by atoms with Crippen molar-refractivity contribution in [1.29, 1.82) is 0 Å². The molecule has 1 N–H and O–H groups in total. The summed E-state index contributed by atoms with van der Waals surface area (Å²) in [6.07, 6.45) is 1.56. The predicted molar refractivity (Wildman–Crippen MR) is 105 cm³/mol. The molecular formula is C21H17NO3S. The van der Waals surface area contributed by atoms with Gasteiger partial charge in [-0.05, 0) is 34.7 Å². The molecule has 2 heterocycles. The van der Waals surface area contributed by atoms with E-state index in [2.05, 4.69) is 35.3 Å². The van der Waals surface area contributed by atoms with Crippen molar-refractivity contribution in [3.8, 4) is 0 Å². The third kappa shape index (κ3) is 3.02. The van der Waals surface area contributed by atoms with Crippen LogP contribution in [-0.2, 0) is 17.6 Å². The van der Waals surface area contributed by atoms with Gasteiger partial charge in [0.1, 0.15) is 0 Å². The van der Waals surface area contributed by atoms with Gasteiger partial charge in [0.25, 0.3) is 0 Å². The second-order valence-electron chi connectivity index (χ2n) is 6.19. The van der Waals surface area contributed by atoms with Crippen LogP contribution in [0.1, 0.15) is 21.5 Å². The molecule has 0 aliphatic heterocycles. The number of fused-ring (bicyclic) bond motifs is 2. The zero-order valence-electron chi connectivity index (χ0n) is 14.2. The quantitative estimate of drug-likeness (QED) is 0.550. The van der Waals surface area contributed by atoms with E-state index in [1.165, 1.54) is 34.8 Å². The van der Waals surface area contributed by atoms with Gasteiger partial charge in [-0.2, -0.15) is 0 Å². The minimum Gasteiger partial charge on any atom is -0.465 e. The number of aryl methyl sites for hydroxylation is 2. The van der Waals surface area contributed by atoms with E-state index in [-0.39, 0.29) is 5.56 Å². The number of H-pyrrole nitrogens is 1. The van der Waals surface area contributed by atoms with Crippen molar-refractivity contribution in [3.63, 3.8) is 0 Å². The molecule has 0 bridgehead atoms. The zero-order valence-corrected chi connectivity index (χ0v) is 15.1. The third-order valence-corrected chi connectivity index (χ3v) is 5.59. The fourth-order valence-electron chi connectivity index (χ4n) is 3.22. The van der Waals surface area contributed by atoms with Crippen molar-refractivity contribution in [2.24, 2.45) is 0 Å². The number of rotatable bonds is 4. The molecule has 0 radical (unpaired) electrons. The fraction of sp³-hybridized carbons (Fsp3) is 0.143. The Morgan fingerprint density at radius 2 is 1.88 bits per heavy atom. The summed E-state index contributed by atoms with van der Waals surface area (Å²) in [7, 11) is 1.34. The fourth-order valence-corrected chi connectivity index (χ4v) is 4.26. The molecule has 0 amide bonds. The first kappa shape index (κ1) is 16.5. The summed E-state index contributed by atoms with van der Waals surface area (Å²) in [5, 5.41) is 4.17. The minimum atomic E-state index is -0.432. The molecule has 26 heavy (non-hydrogen) atoms. The Labute approximate surface area is 154 Å². The average molecular weight is 363 g/mol. The van der Waals surface area contributed by atoms with Gasteiger partial charge >= 0.3 is 5.97 Å². The Morgan fingerprint density at radius 1 is 1.08 bits per heavy atom. The molecular weight excluding hydrogens is 346 g/mol. The summed E-state index contributed by atoms with van der Waals surface area (Å²) < 4.78 is 5.73. The number of benzene rings is 2. The molecule has 130 valence electrons. The third-order valence-electron chi connectivity index (χ3n) is 4.54.